The number of thiocarbonyl (C=S) groups is 1. The molecule has 3 aromatic rings. The summed E-state index contributed by atoms with van der Waals surface area (Å²) in [5.41, 5.74) is 6.04. The van der Waals surface area contributed by atoms with E-state index in [2.05, 4.69) is 62.9 Å². The Morgan fingerprint density at radius 1 is 1.16 bits per heavy atom. The third kappa shape index (κ3) is 4.02. The van der Waals surface area contributed by atoms with Crippen molar-refractivity contribution in [2.75, 3.05) is 13.2 Å². The van der Waals surface area contributed by atoms with Gasteiger partial charge in [-0.05, 0) is 80.4 Å². The molecule has 0 bridgehead atoms. The highest BCUT2D eigenvalue weighted by atomic mass is 32.1. The van der Waals surface area contributed by atoms with Crippen LogP contribution in [0.1, 0.15) is 53.1 Å². The molecule has 7 heteroatoms. The molecule has 0 aromatic carbocycles. The lowest BCUT2D eigenvalue weighted by Gasteiger charge is -2.30. The summed E-state index contributed by atoms with van der Waals surface area (Å²) in [6, 6.07) is 12.6. The van der Waals surface area contributed by atoms with Crippen molar-refractivity contribution in [3.05, 3.63) is 83.2 Å². The quantitative estimate of drug-likeness (QED) is 0.575. The molecule has 166 valence electrons. The number of pyridine rings is 2. The van der Waals surface area contributed by atoms with Crippen molar-refractivity contribution in [1.29, 1.82) is 0 Å². The molecule has 0 saturated carbocycles. The minimum Gasteiger partial charge on any atom is -0.376 e. The van der Waals surface area contributed by atoms with Crippen LogP contribution < -0.4 is 5.32 Å². The minimum absolute atomic E-state index is 0.0000201. The maximum absolute atomic E-state index is 5.97. The molecule has 6 nitrogen and oxygen atoms in total. The van der Waals surface area contributed by atoms with Gasteiger partial charge in [-0.2, -0.15) is 0 Å². The van der Waals surface area contributed by atoms with E-state index < -0.39 is 0 Å². The molecule has 2 aliphatic rings. The summed E-state index contributed by atoms with van der Waals surface area (Å²) in [5, 5.41) is 4.35. The van der Waals surface area contributed by atoms with Crippen LogP contribution in [0.25, 0.3) is 0 Å². The van der Waals surface area contributed by atoms with Gasteiger partial charge in [-0.15, -0.1) is 0 Å². The fourth-order valence-corrected chi connectivity index (χ4v) is 5.30. The summed E-state index contributed by atoms with van der Waals surface area (Å²) in [5.74, 6) is 0. The largest absolute Gasteiger partial charge is 0.376 e. The summed E-state index contributed by atoms with van der Waals surface area (Å²) in [7, 11) is 0. The molecule has 2 saturated heterocycles. The molecule has 2 fully saturated rings. The second kappa shape index (κ2) is 9.00. The van der Waals surface area contributed by atoms with Gasteiger partial charge in [0.15, 0.2) is 5.11 Å². The smallest absolute Gasteiger partial charge is 0.170 e. The number of rotatable bonds is 6. The molecule has 0 unspecified atom stereocenters. The first-order valence-corrected chi connectivity index (χ1v) is 11.7. The molecule has 0 spiro atoms. The molecule has 5 heterocycles. The van der Waals surface area contributed by atoms with Crippen LogP contribution in [-0.4, -0.2) is 43.8 Å². The average molecular weight is 448 g/mol. The second-order valence-electron chi connectivity index (χ2n) is 8.68. The van der Waals surface area contributed by atoms with Gasteiger partial charge >= 0.3 is 0 Å². The fourth-order valence-electron chi connectivity index (χ4n) is 4.99. The Hall–Kier alpha value is -2.77. The van der Waals surface area contributed by atoms with E-state index in [0.29, 0.717) is 0 Å². The predicted octanol–water partition coefficient (Wildman–Crippen LogP) is 4.09. The molecule has 3 aromatic heterocycles. The zero-order valence-corrected chi connectivity index (χ0v) is 19.4. The first-order chi connectivity index (χ1) is 15.6. The van der Waals surface area contributed by atoms with Crippen LogP contribution in [0.15, 0.2) is 55.0 Å². The average Bonchev–Trinajstić information content (AvgIpc) is 3.51. The standard InChI is InChI=1S/C25H29N5OS/c1-17-14-21(18(2)29(17)15-19-8-11-26-12-9-19)24-23(22-7-3-4-10-27-22)28-25(32)30(24)16-20-6-5-13-31-20/h3-4,7-12,14,20,23-24H,5-6,13,15-16H2,1-2H3,(H,28,32)/t20-,23-,24+/m0/s1. The molecular weight excluding hydrogens is 418 g/mol. The molecule has 2 aliphatic heterocycles. The lowest BCUT2D eigenvalue weighted by molar-refractivity contribution is 0.0842. The van der Waals surface area contributed by atoms with Crippen molar-refractivity contribution in [3.8, 4) is 0 Å². The highest BCUT2D eigenvalue weighted by molar-refractivity contribution is 7.80. The summed E-state index contributed by atoms with van der Waals surface area (Å²) < 4.78 is 8.35. The first kappa shape index (κ1) is 21.1. The van der Waals surface area contributed by atoms with Crippen LogP contribution in [0.4, 0.5) is 0 Å². The van der Waals surface area contributed by atoms with Gasteiger partial charge in [0.1, 0.15) is 0 Å². The molecule has 1 N–H and O–H groups in total. The van der Waals surface area contributed by atoms with Crippen molar-refractivity contribution in [2.24, 2.45) is 0 Å². The van der Waals surface area contributed by atoms with Crippen LogP contribution in [0.3, 0.4) is 0 Å². The SMILES string of the molecule is Cc1cc([C@@H]2[C@H](c3ccccn3)NC(=S)N2C[C@@H]2CCCO2)c(C)n1Cc1ccncc1. The Kier molecular flexibility index (Phi) is 5.93. The Balaban J connectivity index is 1.53. The van der Waals surface area contributed by atoms with Gasteiger partial charge in [0.2, 0.25) is 0 Å². The highest BCUT2D eigenvalue weighted by Crippen LogP contribution is 2.41. The second-order valence-corrected chi connectivity index (χ2v) is 9.07. The highest BCUT2D eigenvalue weighted by Gasteiger charge is 2.42. The van der Waals surface area contributed by atoms with Gasteiger partial charge in [-0.25, -0.2) is 0 Å². The van der Waals surface area contributed by atoms with E-state index in [1.54, 1.807) is 0 Å². The van der Waals surface area contributed by atoms with Crippen molar-refractivity contribution >= 4 is 17.3 Å². The zero-order chi connectivity index (χ0) is 22.1. The Labute approximate surface area is 194 Å². The maximum atomic E-state index is 5.97. The van der Waals surface area contributed by atoms with Gasteiger partial charge in [0.05, 0.1) is 23.9 Å². The van der Waals surface area contributed by atoms with Crippen LogP contribution in [0.2, 0.25) is 0 Å². The molecule has 5 rings (SSSR count). The topological polar surface area (TPSA) is 55.2 Å². The number of ether oxygens (including phenoxy) is 1. The van der Waals surface area contributed by atoms with Crippen LogP contribution in [-0.2, 0) is 11.3 Å². The van der Waals surface area contributed by atoms with Crippen LogP contribution in [0, 0.1) is 13.8 Å². The molecule has 3 atom stereocenters. The normalized spacial score (nSPS) is 23.0. The van der Waals surface area contributed by atoms with Gasteiger partial charge in [0, 0.05) is 49.7 Å². The predicted molar refractivity (Wildman–Crippen MR) is 128 cm³/mol. The fraction of sp³-hybridized carbons (Fsp3) is 0.400. The minimum atomic E-state index is -0.0000201. The van der Waals surface area contributed by atoms with Gasteiger partial charge in [-0.1, -0.05) is 6.07 Å². The third-order valence-electron chi connectivity index (χ3n) is 6.64. The number of hydrogen-bond donors (Lipinski definition) is 1. The first-order valence-electron chi connectivity index (χ1n) is 11.3. The molecule has 0 radical (unpaired) electrons. The van der Waals surface area contributed by atoms with E-state index in [1.807, 2.05) is 30.7 Å². The summed E-state index contributed by atoms with van der Waals surface area (Å²) >= 11 is 5.83. The van der Waals surface area contributed by atoms with Gasteiger partial charge < -0.3 is 19.5 Å². The van der Waals surface area contributed by atoms with Crippen molar-refractivity contribution < 1.29 is 4.74 Å². The van der Waals surface area contributed by atoms with Crippen LogP contribution in [0.5, 0.6) is 0 Å². The van der Waals surface area contributed by atoms with E-state index in [4.69, 9.17) is 17.0 Å². The lowest BCUT2D eigenvalue weighted by Crippen LogP contribution is -2.36. The number of nitrogens with zero attached hydrogens (tertiary/aromatic N) is 4. The molecule has 32 heavy (non-hydrogen) atoms. The Morgan fingerprint density at radius 3 is 2.72 bits per heavy atom. The monoisotopic (exact) mass is 447 g/mol. The molecule has 0 aliphatic carbocycles. The van der Waals surface area contributed by atoms with E-state index in [0.717, 1.165) is 43.3 Å². The van der Waals surface area contributed by atoms with Crippen molar-refractivity contribution in [1.82, 2.24) is 24.8 Å². The van der Waals surface area contributed by atoms with Crippen molar-refractivity contribution in [2.45, 2.75) is 51.4 Å². The molecular formula is C25H29N5OS. The summed E-state index contributed by atoms with van der Waals surface area (Å²) in [4.78, 5) is 11.1. The number of aromatic nitrogens is 3. The number of hydrogen-bond acceptors (Lipinski definition) is 4. The Morgan fingerprint density at radius 2 is 2.00 bits per heavy atom. The van der Waals surface area contributed by atoms with Crippen LogP contribution >= 0.6 is 12.2 Å². The lowest BCUT2D eigenvalue weighted by atomic mass is 9.96. The van der Waals surface area contributed by atoms with E-state index in [1.165, 1.54) is 22.5 Å². The number of nitrogens with one attached hydrogen (secondary N) is 1. The van der Waals surface area contributed by atoms with Gasteiger partial charge in [0.25, 0.3) is 0 Å². The number of aryl methyl sites for hydroxylation is 1. The Bertz CT molecular complexity index is 1080. The molecule has 0 amide bonds. The zero-order valence-electron chi connectivity index (χ0n) is 18.6. The maximum Gasteiger partial charge on any atom is 0.170 e. The van der Waals surface area contributed by atoms with Crippen molar-refractivity contribution in [3.63, 3.8) is 0 Å². The van der Waals surface area contributed by atoms with E-state index in [-0.39, 0.29) is 18.2 Å². The summed E-state index contributed by atoms with van der Waals surface area (Å²) in [6.45, 7) is 6.86. The van der Waals surface area contributed by atoms with E-state index >= 15 is 0 Å². The van der Waals surface area contributed by atoms with Gasteiger partial charge in [-0.3, -0.25) is 9.97 Å². The summed E-state index contributed by atoms with van der Waals surface area (Å²) in [6.07, 6.45) is 7.98. The van der Waals surface area contributed by atoms with E-state index in [9.17, 15) is 0 Å². The third-order valence-corrected chi connectivity index (χ3v) is 7.00.